The van der Waals surface area contributed by atoms with Crippen LogP contribution in [0.1, 0.15) is 92.4 Å². The highest BCUT2D eigenvalue weighted by Gasteiger charge is 2.28. The van der Waals surface area contributed by atoms with Gasteiger partial charge in [-0.25, -0.2) is 0 Å². The quantitative estimate of drug-likeness (QED) is 0.245. The maximum Gasteiger partial charge on any atom is 0.311 e. The molecule has 25 heavy (non-hydrogen) atoms. The first kappa shape index (κ1) is 23.7. The lowest BCUT2D eigenvalue weighted by Gasteiger charge is -2.21. The van der Waals surface area contributed by atoms with Crippen LogP contribution < -0.4 is 0 Å². The van der Waals surface area contributed by atoms with E-state index in [9.17, 15) is 9.59 Å². The Kier molecular flexibility index (Phi) is 11.5. The third-order valence-electron chi connectivity index (χ3n) is 4.67. The van der Waals surface area contributed by atoms with Crippen molar-refractivity contribution >= 4 is 11.9 Å². The van der Waals surface area contributed by atoms with Gasteiger partial charge in [0.2, 0.25) is 0 Å². The lowest BCUT2D eigenvalue weighted by Crippen LogP contribution is -2.26. The van der Waals surface area contributed by atoms with Crippen LogP contribution in [0.25, 0.3) is 0 Å². The van der Waals surface area contributed by atoms with E-state index in [4.69, 9.17) is 9.84 Å². The maximum absolute atomic E-state index is 11.8. The number of unbranched alkanes of at least 4 members (excludes halogenated alkanes) is 5. The summed E-state index contributed by atoms with van der Waals surface area (Å²) in [4.78, 5) is 22.8. The lowest BCUT2D eigenvalue weighted by molar-refractivity contribution is -0.153. The molecule has 0 aromatic carbocycles. The van der Waals surface area contributed by atoms with Gasteiger partial charge < -0.3 is 9.84 Å². The molecular weight excluding hydrogens is 316 g/mol. The maximum atomic E-state index is 11.8. The monoisotopic (exact) mass is 354 g/mol. The van der Waals surface area contributed by atoms with Gasteiger partial charge in [-0.1, -0.05) is 31.4 Å². The molecule has 0 saturated heterocycles. The molecule has 0 spiro atoms. The molecule has 0 fully saturated rings. The first-order valence-electron chi connectivity index (χ1n) is 9.69. The number of hydrogen-bond donors (Lipinski definition) is 1. The third kappa shape index (κ3) is 11.0. The Hall–Kier alpha value is -1.32. The Labute approximate surface area is 154 Å². The summed E-state index contributed by atoms with van der Waals surface area (Å²) in [5, 5.41) is 9.06. The van der Waals surface area contributed by atoms with Gasteiger partial charge >= 0.3 is 11.9 Å². The molecule has 0 aromatic rings. The van der Waals surface area contributed by atoms with Crippen LogP contribution in [0.4, 0.5) is 0 Å². The average molecular weight is 355 g/mol. The minimum Gasteiger partial charge on any atom is -0.481 e. The van der Waals surface area contributed by atoms with Crippen LogP contribution in [0.2, 0.25) is 0 Å². The Bertz CT molecular complexity index is 422. The van der Waals surface area contributed by atoms with E-state index in [2.05, 4.69) is 12.2 Å². The fourth-order valence-corrected chi connectivity index (χ4v) is 2.61. The standard InChI is InChI=1S/C21H38O4/c1-6-25-19(24)21(4,5)17-15-13-11-9-7-8-10-12-14-16-20(2,3)18(22)23/h7,9H,6,8,10-17H2,1-5H3,(H,22,23)/b9-7+. The first-order valence-corrected chi connectivity index (χ1v) is 9.69. The highest BCUT2D eigenvalue weighted by Crippen LogP contribution is 2.26. The first-order chi connectivity index (χ1) is 11.6. The summed E-state index contributed by atoms with van der Waals surface area (Å²) in [6, 6.07) is 0. The van der Waals surface area contributed by atoms with Crippen LogP contribution in [0.15, 0.2) is 12.2 Å². The molecule has 4 heteroatoms. The molecule has 0 saturated carbocycles. The summed E-state index contributed by atoms with van der Waals surface area (Å²) in [7, 11) is 0. The molecule has 0 aromatic heterocycles. The van der Waals surface area contributed by atoms with Crippen molar-refractivity contribution in [2.24, 2.45) is 10.8 Å². The van der Waals surface area contributed by atoms with Gasteiger partial charge in [-0.3, -0.25) is 9.59 Å². The molecule has 0 heterocycles. The van der Waals surface area contributed by atoms with Crippen LogP contribution in [0.3, 0.4) is 0 Å². The summed E-state index contributed by atoms with van der Waals surface area (Å²) in [5.74, 6) is -0.810. The number of carboxylic acids is 1. The molecule has 0 aliphatic carbocycles. The number of allylic oxidation sites excluding steroid dienone is 2. The number of aliphatic carboxylic acids is 1. The zero-order valence-electron chi connectivity index (χ0n) is 16.9. The van der Waals surface area contributed by atoms with E-state index in [1.54, 1.807) is 13.8 Å². The van der Waals surface area contributed by atoms with E-state index in [1.165, 1.54) is 0 Å². The molecule has 4 nitrogen and oxygen atoms in total. The highest BCUT2D eigenvalue weighted by atomic mass is 16.5. The number of carbonyl (C=O) groups excluding carboxylic acids is 1. The third-order valence-corrected chi connectivity index (χ3v) is 4.67. The second kappa shape index (κ2) is 12.1. The van der Waals surface area contributed by atoms with Gasteiger partial charge in [-0.15, -0.1) is 0 Å². The van der Waals surface area contributed by atoms with Crippen molar-refractivity contribution in [1.82, 2.24) is 0 Å². The lowest BCUT2D eigenvalue weighted by atomic mass is 9.87. The van der Waals surface area contributed by atoms with E-state index in [1.807, 2.05) is 20.8 Å². The smallest absolute Gasteiger partial charge is 0.311 e. The molecule has 0 unspecified atom stereocenters. The van der Waals surface area contributed by atoms with Crippen LogP contribution >= 0.6 is 0 Å². The zero-order valence-corrected chi connectivity index (χ0v) is 16.9. The van der Waals surface area contributed by atoms with E-state index in [-0.39, 0.29) is 11.4 Å². The predicted molar refractivity (Wildman–Crippen MR) is 103 cm³/mol. The minimum atomic E-state index is -0.710. The van der Waals surface area contributed by atoms with Gasteiger partial charge in [-0.05, 0) is 73.1 Å². The van der Waals surface area contributed by atoms with Crippen molar-refractivity contribution < 1.29 is 19.4 Å². The SMILES string of the molecule is CCOC(=O)C(C)(C)CCCC/C=C/CCCCCC(C)(C)C(=O)O. The second-order valence-electron chi connectivity index (χ2n) is 8.11. The molecule has 146 valence electrons. The van der Waals surface area contributed by atoms with Gasteiger partial charge in [0.25, 0.3) is 0 Å². The minimum absolute atomic E-state index is 0.100. The Morgan fingerprint density at radius 3 is 1.84 bits per heavy atom. The van der Waals surface area contributed by atoms with Gasteiger partial charge in [0, 0.05) is 0 Å². The normalized spacial score (nSPS) is 12.5. The molecule has 0 aliphatic rings. The molecule has 0 amide bonds. The van der Waals surface area contributed by atoms with Crippen LogP contribution in [-0.2, 0) is 14.3 Å². The van der Waals surface area contributed by atoms with Gasteiger partial charge in [0.15, 0.2) is 0 Å². The summed E-state index contributed by atoms with van der Waals surface area (Å²) in [6.45, 7) is 9.76. The van der Waals surface area contributed by atoms with Gasteiger partial charge in [0.1, 0.15) is 0 Å². The van der Waals surface area contributed by atoms with Crippen molar-refractivity contribution in [2.45, 2.75) is 92.4 Å². The number of rotatable bonds is 14. The molecule has 1 N–H and O–H groups in total. The number of ether oxygens (including phenoxy) is 1. The highest BCUT2D eigenvalue weighted by molar-refractivity contribution is 5.75. The van der Waals surface area contributed by atoms with Gasteiger partial charge in [0.05, 0.1) is 17.4 Å². The van der Waals surface area contributed by atoms with Crippen LogP contribution in [0.5, 0.6) is 0 Å². The van der Waals surface area contributed by atoms with Gasteiger partial charge in [-0.2, -0.15) is 0 Å². The van der Waals surface area contributed by atoms with E-state index >= 15 is 0 Å². The fourth-order valence-electron chi connectivity index (χ4n) is 2.61. The predicted octanol–water partition coefficient (Wildman–Crippen LogP) is 5.75. The number of hydrogen-bond acceptors (Lipinski definition) is 3. The molecule has 0 radical (unpaired) electrons. The number of carboxylic acid groups (broad SMARTS) is 1. The van der Waals surface area contributed by atoms with Crippen molar-refractivity contribution in [1.29, 1.82) is 0 Å². The van der Waals surface area contributed by atoms with Crippen molar-refractivity contribution in [3.63, 3.8) is 0 Å². The number of carbonyl (C=O) groups is 2. The summed E-state index contributed by atoms with van der Waals surface area (Å²) < 4.78 is 5.10. The zero-order chi connectivity index (χ0) is 19.3. The Balaban J connectivity index is 3.65. The summed E-state index contributed by atoms with van der Waals surface area (Å²) >= 11 is 0. The fraction of sp³-hybridized carbons (Fsp3) is 0.810. The average Bonchev–Trinajstić information content (AvgIpc) is 2.52. The van der Waals surface area contributed by atoms with Crippen LogP contribution in [-0.4, -0.2) is 23.7 Å². The Morgan fingerprint density at radius 2 is 1.32 bits per heavy atom. The van der Waals surface area contributed by atoms with E-state index in [0.717, 1.165) is 57.8 Å². The number of esters is 1. The molecule has 0 aliphatic heterocycles. The second-order valence-corrected chi connectivity index (χ2v) is 8.11. The van der Waals surface area contributed by atoms with E-state index in [0.29, 0.717) is 6.61 Å². The topological polar surface area (TPSA) is 63.6 Å². The van der Waals surface area contributed by atoms with Crippen molar-refractivity contribution in [3.05, 3.63) is 12.2 Å². The molecule has 0 rings (SSSR count). The Morgan fingerprint density at radius 1 is 0.840 bits per heavy atom. The summed E-state index contributed by atoms with van der Waals surface area (Å²) in [6.07, 6.45) is 13.4. The molecular formula is C21H38O4. The van der Waals surface area contributed by atoms with Crippen LogP contribution in [0, 0.1) is 10.8 Å². The van der Waals surface area contributed by atoms with E-state index < -0.39 is 11.4 Å². The van der Waals surface area contributed by atoms with Crippen molar-refractivity contribution in [2.75, 3.05) is 6.61 Å². The molecule has 0 atom stereocenters. The van der Waals surface area contributed by atoms with Crippen molar-refractivity contribution in [3.8, 4) is 0 Å². The largest absolute Gasteiger partial charge is 0.481 e. The summed E-state index contributed by atoms with van der Waals surface area (Å²) in [5.41, 5.74) is -0.989. The molecule has 0 bridgehead atoms.